The van der Waals surface area contributed by atoms with Crippen LogP contribution in [0.15, 0.2) is 61.2 Å². The molecule has 0 aromatic heterocycles. The maximum absolute atomic E-state index is 11.9. The minimum absolute atomic E-state index is 0.188. The van der Waals surface area contributed by atoms with Gasteiger partial charge in [0.05, 0.1) is 0 Å². The minimum Gasteiger partial charge on any atom is -0.279 e. The second-order valence-electron chi connectivity index (χ2n) is 4.42. The van der Waals surface area contributed by atoms with E-state index < -0.39 is 0 Å². The largest absolute Gasteiger partial charge is 0.279 e. The molecule has 19 heavy (non-hydrogen) atoms. The SMILES string of the molecule is C=C/C=C(/C#CC(=O)c1ccc(C(C)C)cc1)C=C. The summed E-state index contributed by atoms with van der Waals surface area (Å²) in [5, 5.41) is 0. The van der Waals surface area contributed by atoms with Crippen LogP contribution in [0.4, 0.5) is 0 Å². The molecule has 0 radical (unpaired) electrons. The van der Waals surface area contributed by atoms with Crippen LogP contribution < -0.4 is 0 Å². The molecule has 1 rings (SSSR count). The van der Waals surface area contributed by atoms with Crippen LogP contribution in [0.2, 0.25) is 0 Å². The molecule has 0 aliphatic carbocycles. The molecule has 0 unspecified atom stereocenters. The molecular weight excluding hydrogens is 232 g/mol. The molecule has 0 heterocycles. The van der Waals surface area contributed by atoms with Crippen molar-refractivity contribution in [2.75, 3.05) is 0 Å². The van der Waals surface area contributed by atoms with Gasteiger partial charge in [-0.1, -0.05) is 69.3 Å². The summed E-state index contributed by atoms with van der Waals surface area (Å²) in [5.74, 6) is 5.65. The summed E-state index contributed by atoms with van der Waals surface area (Å²) in [4.78, 5) is 11.9. The van der Waals surface area contributed by atoms with Crippen LogP contribution in [0.25, 0.3) is 0 Å². The van der Waals surface area contributed by atoms with E-state index in [2.05, 4.69) is 38.8 Å². The molecule has 0 atom stereocenters. The Balaban J connectivity index is 2.90. The Kier molecular flexibility index (Phi) is 5.57. The van der Waals surface area contributed by atoms with Crippen molar-refractivity contribution in [3.05, 3.63) is 72.4 Å². The fourth-order valence-electron chi connectivity index (χ4n) is 1.51. The van der Waals surface area contributed by atoms with Crippen molar-refractivity contribution in [1.82, 2.24) is 0 Å². The second-order valence-corrected chi connectivity index (χ2v) is 4.42. The Hall–Kier alpha value is -2.33. The predicted molar refractivity (Wildman–Crippen MR) is 81.1 cm³/mol. The summed E-state index contributed by atoms with van der Waals surface area (Å²) < 4.78 is 0. The Morgan fingerprint density at radius 3 is 2.26 bits per heavy atom. The molecule has 0 aliphatic heterocycles. The summed E-state index contributed by atoms with van der Waals surface area (Å²) in [6.07, 6.45) is 4.94. The highest BCUT2D eigenvalue weighted by molar-refractivity contribution is 6.09. The van der Waals surface area contributed by atoms with Gasteiger partial charge in [-0.15, -0.1) is 0 Å². The van der Waals surface area contributed by atoms with E-state index in [1.54, 1.807) is 18.2 Å². The zero-order chi connectivity index (χ0) is 14.3. The van der Waals surface area contributed by atoms with Gasteiger partial charge in [0.15, 0.2) is 0 Å². The van der Waals surface area contributed by atoms with Crippen molar-refractivity contribution in [2.24, 2.45) is 0 Å². The topological polar surface area (TPSA) is 17.1 Å². The monoisotopic (exact) mass is 250 g/mol. The van der Waals surface area contributed by atoms with Gasteiger partial charge in [-0.3, -0.25) is 4.79 Å². The van der Waals surface area contributed by atoms with Gasteiger partial charge >= 0.3 is 0 Å². The van der Waals surface area contributed by atoms with Crippen LogP contribution >= 0.6 is 0 Å². The lowest BCUT2D eigenvalue weighted by Gasteiger charge is -2.04. The molecule has 0 spiro atoms. The number of benzene rings is 1. The lowest BCUT2D eigenvalue weighted by Crippen LogP contribution is -1.96. The number of carbonyl (C=O) groups is 1. The van der Waals surface area contributed by atoms with Crippen LogP contribution in [0.1, 0.15) is 35.7 Å². The maximum atomic E-state index is 11.9. The first-order valence-electron chi connectivity index (χ1n) is 6.20. The third-order valence-corrected chi connectivity index (χ3v) is 2.68. The van der Waals surface area contributed by atoms with Crippen molar-refractivity contribution in [1.29, 1.82) is 0 Å². The molecular formula is C18H18O. The number of hydrogen-bond acceptors (Lipinski definition) is 1. The van der Waals surface area contributed by atoms with E-state index in [0.717, 1.165) is 0 Å². The van der Waals surface area contributed by atoms with Crippen molar-refractivity contribution >= 4 is 5.78 Å². The second kappa shape index (κ2) is 7.18. The molecule has 96 valence electrons. The van der Waals surface area contributed by atoms with E-state index in [9.17, 15) is 4.79 Å². The summed E-state index contributed by atoms with van der Waals surface area (Å²) in [6.45, 7) is 11.5. The van der Waals surface area contributed by atoms with Crippen LogP contribution in [-0.4, -0.2) is 5.78 Å². The van der Waals surface area contributed by atoms with Gasteiger partial charge in [0.2, 0.25) is 5.78 Å². The Morgan fingerprint density at radius 2 is 1.79 bits per heavy atom. The van der Waals surface area contributed by atoms with Gasteiger partial charge in [-0.2, -0.15) is 0 Å². The van der Waals surface area contributed by atoms with E-state index in [0.29, 0.717) is 17.1 Å². The third-order valence-electron chi connectivity index (χ3n) is 2.68. The zero-order valence-electron chi connectivity index (χ0n) is 11.4. The number of Topliss-reactive ketones (excluding diaryl/α,β-unsaturated/α-hetero) is 1. The van der Waals surface area contributed by atoms with Gasteiger partial charge in [0.1, 0.15) is 0 Å². The first-order chi connectivity index (χ1) is 9.08. The average Bonchev–Trinajstić information content (AvgIpc) is 2.43. The van der Waals surface area contributed by atoms with Crippen LogP contribution in [0, 0.1) is 11.8 Å². The smallest absolute Gasteiger partial charge is 0.236 e. The molecule has 1 aromatic rings. The molecule has 1 nitrogen and oxygen atoms in total. The lowest BCUT2D eigenvalue weighted by molar-refractivity contribution is 0.105. The summed E-state index contributed by atoms with van der Waals surface area (Å²) in [7, 11) is 0. The number of allylic oxidation sites excluding steroid dienone is 4. The van der Waals surface area contributed by atoms with E-state index in [4.69, 9.17) is 0 Å². The molecule has 0 fully saturated rings. The van der Waals surface area contributed by atoms with Crippen LogP contribution in [-0.2, 0) is 0 Å². The molecule has 0 aliphatic rings. The van der Waals surface area contributed by atoms with E-state index in [-0.39, 0.29) is 5.78 Å². The summed E-state index contributed by atoms with van der Waals surface area (Å²) >= 11 is 0. The van der Waals surface area contributed by atoms with Crippen molar-refractivity contribution in [3.63, 3.8) is 0 Å². The highest BCUT2D eigenvalue weighted by Crippen LogP contribution is 2.14. The highest BCUT2D eigenvalue weighted by atomic mass is 16.1. The number of ketones is 1. The maximum Gasteiger partial charge on any atom is 0.236 e. The highest BCUT2D eigenvalue weighted by Gasteiger charge is 2.03. The standard InChI is InChI=1S/C18H18O/c1-5-7-15(6-2)8-13-18(19)17-11-9-16(10-12-17)14(3)4/h5-7,9-12,14H,1-2H2,3-4H3/b15-7+. The van der Waals surface area contributed by atoms with Gasteiger partial charge in [0.25, 0.3) is 0 Å². The normalized spacial score (nSPS) is 10.6. The first-order valence-corrected chi connectivity index (χ1v) is 6.20. The van der Waals surface area contributed by atoms with E-state index in [1.165, 1.54) is 5.56 Å². The average molecular weight is 250 g/mol. The fourth-order valence-corrected chi connectivity index (χ4v) is 1.51. The molecule has 0 saturated heterocycles. The number of carbonyl (C=O) groups excluding carboxylic acids is 1. The van der Waals surface area contributed by atoms with Crippen molar-refractivity contribution in [3.8, 4) is 11.8 Å². The summed E-state index contributed by atoms with van der Waals surface area (Å²) in [6, 6.07) is 7.56. The molecule has 1 heteroatoms. The van der Waals surface area contributed by atoms with E-state index >= 15 is 0 Å². The van der Waals surface area contributed by atoms with E-state index in [1.807, 2.05) is 24.3 Å². The first kappa shape index (κ1) is 14.7. The van der Waals surface area contributed by atoms with Crippen LogP contribution in [0.3, 0.4) is 0 Å². The minimum atomic E-state index is -0.188. The molecule has 0 saturated carbocycles. The van der Waals surface area contributed by atoms with Crippen LogP contribution in [0.5, 0.6) is 0 Å². The Labute approximate surface area is 115 Å². The fraction of sp³-hybridized carbons (Fsp3) is 0.167. The van der Waals surface area contributed by atoms with Gasteiger partial charge in [0, 0.05) is 11.1 Å². The predicted octanol–water partition coefficient (Wildman–Crippen LogP) is 4.29. The quantitative estimate of drug-likeness (QED) is 0.337. The van der Waals surface area contributed by atoms with Gasteiger partial charge in [-0.25, -0.2) is 0 Å². The van der Waals surface area contributed by atoms with Gasteiger partial charge < -0.3 is 0 Å². The molecule has 0 amide bonds. The molecule has 1 aromatic carbocycles. The number of rotatable bonds is 4. The van der Waals surface area contributed by atoms with Crippen molar-refractivity contribution in [2.45, 2.75) is 19.8 Å². The van der Waals surface area contributed by atoms with Crippen molar-refractivity contribution < 1.29 is 4.79 Å². The zero-order valence-corrected chi connectivity index (χ0v) is 11.4. The molecule has 0 N–H and O–H groups in total. The Bertz CT molecular complexity index is 560. The molecule has 0 bridgehead atoms. The Morgan fingerprint density at radius 1 is 1.16 bits per heavy atom. The van der Waals surface area contributed by atoms with Gasteiger partial charge in [-0.05, 0) is 23.5 Å². The lowest BCUT2D eigenvalue weighted by atomic mass is 10.0. The number of hydrogen-bond donors (Lipinski definition) is 0. The third kappa shape index (κ3) is 4.44. The summed E-state index contributed by atoms with van der Waals surface area (Å²) in [5.41, 5.74) is 2.50.